The molecule has 1 atom stereocenters. The second-order valence-corrected chi connectivity index (χ2v) is 22.7. The number of allylic oxidation sites excluding steroid dienone is 7. The van der Waals surface area contributed by atoms with Crippen LogP contribution in [-0.4, -0.2) is 68.1 Å². The number of rotatable bonds is 17. The lowest BCUT2D eigenvalue weighted by atomic mass is 9.78. The van der Waals surface area contributed by atoms with Crippen molar-refractivity contribution in [1.29, 1.82) is 0 Å². The first kappa shape index (κ1) is 49.6. The highest BCUT2D eigenvalue weighted by Gasteiger charge is 2.46. The molecule has 8 rings (SSSR count). The van der Waals surface area contributed by atoms with Crippen molar-refractivity contribution in [3.63, 3.8) is 0 Å². The average molecular weight is 972 g/mol. The maximum absolute atomic E-state index is 12.0. The molecule has 2 aliphatic heterocycles. The maximum atomic E-state index is 12.0. The van der Waals surface area contributed by atoms with E-state index in [0.29, 0.717) is 50.2 Å². The van der Waals surface area contributed by atoms with Gasteiger partial charge < -0.3 is 14.4 Å². The lowest BCUT2D eigenvalue weighted by Gasteiger charge is -2.28. The SMILES string of the molecule is COC(=O)CCCCCN1/C(=C\C=C2/CC(C)CC(/C=C/C3=[N+](CCCCS(=O)(=O)O)c4ccc5ccccc5c4C3(C)C)=C2Oc2ccc(S(=O)(=O)O)cc2)C(C)(C)c2c1ccc1ccccc21. The van der Waals surface area contributed by atoms with Gasteiger partial charge in [0.2, 0.25) is 5.69 Å². The van der Waals surface area contributed by atoms with E-state index in [1.807, 2.05) is 12.1 Å². The summed E-state index contributed by atoms with van der Waals surface area (Å²) in [6.07, 6.45) is 13.8. The number of unbranched alkanes of at least 4 members (excludes halogenated alkanes) is 3. The van der Waals surface area contributed by atoms with Crippen LogP contribution < -0.4 is 9.64 Å². The Hall–Kier alpha value is -5.86. The molecule has 0 spiro atoms. The molecule has 1 unspecified atom stereocenters. The molecule has 362 valence electrons. The van der Waals surface area contributed by atoms with E-state index < -0.39 is 25.7 Å². The molecule has 2 N–H and O–H groups in total. The van der Waals surface area contributed by atoms with E-state index in [2.05, 4.69) is 129 Å². The van der Waals surface area contributed by atoms with Crippen molar-refractivity contribution in [1.82, 2.24) is 0 Å². The summed E-state index contributed by atoms with van der Waals surface area (Å²) in [4.78, 5) is 14.1. The summed E-state index contributed by atoms with van der Waals surface area (Å²) in [6.45, 7) is 12.5. The maximum Gasteiger partial charge on any atom is 0.305 e. The Labute approximate surface area is 407 Å². The summed E-state index contributed by atoms with van der Waals surface area (Å²) in [5, 5.41) is 4.66. The van der Waals surface area contributed by atoms with Crippen LogP contribution in [0.1, 0.15) is 97.1 Å². The first-order valence-electron chi connectivity index (χ1n) is 23.8. The number of methoxy groups -OCH3 is 1. The molecular formula is C56H63N2O9S2+. The molecule has 11 nitrogen and oxygen atoms in total. The zero-order chi connectivity index (χ0) is 49.3. The van der Waals surface area contributed by atoms with Gasteiger partial charge in [0.05, 0.1) is 23.2 Å². The number of fused-ring (bicyclic) bond motifs is 6. The molecule has 69 heavy (non-hydrogen) atoms. The highest BCUT2D eigenvalue weighted by molar-refractivity contribution is 7.86. The van der Waals surface area contributed by atoms with E-state index in [9.17, 15) is 30.7 Å². The molecule has 13 heteroatoms. The summed E-state index contributed by atoms with van der Waals surface area (Å²) in [5.41, 5.74) is 7.93. The number of carbonyl (C=O) groups is 1. The van der Waals surface area contributed by atoms with Crippen LogP contribution >= 0.6 is 0 Å². The predicted octanol–water partition coefficient (Wildman–Crippen LogP) is 11.9. The largest absolute Gasteiger partial charge is 0.469 e. The monoisotopic (exact) mass is 971 g/mol. The van der Waals surface area contributed by atoms with Crippen molar-refractivity contribution in [3.05, 3.63) is 155 Å². The number of hydrogen-bond donors (Lipinski definition) is 2. The van der Waals surface area contributed by atoms with Gasteiger partial charge in [-0.3, -0.25) is 13.9 Å². The molecule has 0 amide bonds. The van der Waals surface area contributed by atoms with E-state index >= 15 is 0 Å². The summed E-state index contributed by atoms with van der Waals surface area (Å²) < 4.78 is 80.8. The first-order chi connectivity index (χ1) is 32.8. The van der Waals surface area contributed by atoms with Gasteiger partial charge in [-0.05, 0) is 139 Å². The quantitative estimate of drug-likeness (QED) is 0.0399. The van der Waals surface area contributed by atoms with Crippen molar-refractivity contribution in [3.8, 4) is 5.75 Å². The molecule has 0 saturated carbocycles. The van der Waals surface area contributed by atoms with Crippen LogP contribution in [-0.2, 0) is 40.6 Å². The van der Waals surface area contributed by atoms with E-state index in [1.54, 1.807) is 12.1 Å². The zero-order valence-corrected chi connectivity index (χ0v) is 42.0. The molecule has 0 bridgehead atoms. The molecule has 0 radical (unpaired) electrons. The van der Waals surface area contributed by atoms with Crippen LogP contribution in [0.2, 0.25) is 0 Å². The van der Waals surface area contributed by atoms with Crippen LogP contribution in [0.25, 0.3) is 21.5 Å². The minimum absolute atomic E-state index is 0.201. The molecular weight excluding hydrogens is 909 g/mol. The van der Waals surface area contributed by atoms with Crippen LogP contribution in [0.15, 0.2) is 149 Å². The number of esters is 1. The summed E-state index contributed by atoms with van der Waals surface area (Å²) in [7, 11) is -7.11. The number of benzene rings is 5. The Bertz CT molecular complexity index is 3200. The average Bonchev–Trinajstić information content (AvgIpc) is 3.66. The third kappa shape index (κ3) is 10.5. The van der Waals surface area contributed by atoms with Crippen LogP contribution in [0, 0.1) is 5.92 Å². The zero-order valence-electron chi connectivity index (χ0n) is 40.4. The first-order valence-corrected chi connectivity index (χ1v) is 26.9. The molecule has 3 aliphatic rings. The molecule has 0 saturated heterocycles. The van der Waals surface area contributed by atoms with Crippen molar-refractivity contribution < 1.29 is 44.8 Å². The third-order valence-corrected chi connectivity index (χ3v) is 15.7. The number of anilines is 1. The van der Waals surface area contributed by atoms with Crippen LogP contribution in [0.5, 0.6) is 5.75 Å². The number of nitrogens with zero attached hydrogens (tertiary/aromatic N) is 2. The van der Waals surface area contributed by atoms with Gasteiger partial charge in [0.1, 0.15) is 18.1 Å². The standard InChI is InChI=1S/C56H62N2O9S2/c1-38-36-41(23-31-49-55(2,3)52-45-18-11-9-16-39(45)21-29-47(52)57(49)33-13-7-8-20-51(59)66-6)54(67-43-25-27-44(28-26-43)69(63,64)65)42(37-38)24-32-50-56(4,5)53-46-19-12-10-17-40(46)22-30-48(53)58(50)34-14-15-35-68(60,61)62/h9-12,16-19,21-32,38H,7-8,13-15,20,33-37H2,1-6H3,(H-,60,61,62,63,64,65)/p+1. The lowest BCUT2D eigenvalue weighted by molar-refractivity contribution is -0.438. The van der Waals surface area contributed by atoms with Crippen LogP contribution in [0.4, 0.5) is 11.4 Å². The number of hydrogen-bond acceptors (Lipinski definition) is 8. The Morgan fingerprint density at radius 2 is 1.42 bits per heavy atom. The number of ether oxygens (including phenoxy) is 2. The third-order valence-electron chi connectivity index (χ3n) is 14.0. The summed E-state index contributed by atoms with van der Waals surface area (Å²) in [5.74, 6) is 0.794. The lowest BCUT2D eigenvalue weighted by Crippen LogP contribution is -2.28. The van der Waals surface area contributed by atoms with Gasteiger partial charge in [-0.2, -0.15) is 21.4 Å². The topological polar surface area (TPSA) is 151 Å². The van der Waals surface area contributed by atoms with E-state index in [4.69, 9.17) is 9.47 Å². The molecule has 5 aromatic rings. The highest BCUT2D eigenvalue weighted by atomic mass is 32.2. The van der Waals surface area contributed by atoms with Gasteiger partial charge >= 0.3 is 5.97 Å². The van der Waals surface area contributed by atoms with Gasteiger partial charge in [0.25, 0.3) is 20.2 Å². The Kier molecular flexibility index (Phi) is 14.3. The fourth-order valence-electron chi connectivity index (χ4n) is 10.7. The van der Waals surface area contributed by atoms with E-state index in [-0.39, 0.29) is 28.0 Å². The fraction of sp³-hybridized carbons (Fsp3) is 0.357. The van der Waals surface area contributed by atoms with E-state index in [0.717, 1.165) is 70.5 Å². The number of carbonyl (C=O) groups excluding carboxylic acids is 1. The Balaban J connectivity index is 1.24. The van der Waals surface area contributed by atoms with Gasteiger partial charge in [-0.1, -0.05) is 87.9 Å². The molecule has 0 fully saturated rings. The molecule has 5 aromatic carbocycles. The minimum Gasteiger partial charge on any atom is -0.469 e. The summed E-state index contributed by atoms with van der Waals surface area (Å²) >= 11 is 0. The van der Waals surface area contributed by atoms with Crippen molar-refractivity contribution in [2.75, 3.05) is 30.9 Å². The fourth-order valence-corrected chi connectivity index (χ4v) is 11.8. The normalized spacial score (nSPS) is 19.1. The van der Waals surface area contributed by atoms with Crippen molar-refractivity contribution in [2.45, 2.75) is 102 Å². The predicted molar refractivity (Wildman–Crippen MR) is 275 cm³/mol. The Morgan fingerprint density at radius 3 is 2.09 bits per heavy atom. The van der Waals surface area contributed by atoms with Crippen molar-refractivity contribution >= 4 is 64.8 Å². The Morgan fingerprint density at radius 1 is 0.754 bits per heavy atom. The molecule has 1 aliphatic carbocycles. The second kappa shape index (κ2) is 19.9. The molecule has 0 aromatic heterocycles. The highest BCUT2D eigenvalue weighted by Crippen LogP contribution is 2.51. The smallest absolute Gasteiger partial charge is 0.305 e. The van der Waals surface area contributed by atoms with Gasteiger partial charge in [-0.15, -0.1) is 0 Å². The van der Waals surface area contributed by atoms with Crippen LogP contribution in [0.3, 0.4) is 0 Å². The minimum atomic E-state index is -4.43. The van der Waals surface area contributed by atoms with Gasteiger partial charge in [0.15, 0.2) is 5.71 Å². The molecule has 2 heterocycles. The van der Waals surface area contributed by atoms with Gasteiger partial charge in [-0.25, -0.2) is 0 Å². The summed E-state index contributed by atoms with van der Waals surface area (Å²) in [6, 6.07) is 31.3. The van der Waals surface area contributed by atoms with Gasteiger partial charge in [0, 0.05) is 53.9 Å². The van der Waals surface area contributed by atoms with Crippen molar-refractivity contribution in [2.24, 2.45) is 5.92 Å². The van der Waals surface area contributed by atoms with E-state index in [1.165, 1.54) is 41.1 Å². The second-order valence-electron chi connectivity index (χ2n) is 19.7.